The van der Waals surface area contributed by atoms with Gasteiger partial charge in [-0.1, -0.05) is 0 Å². The first-order chi connectivity index (χ1) is 4.52. The van der Waals surface area contributed by atoms with Crippen LogP contribution in [0.5, 0.6) is 0 Å². The fourth-order valence-electron chi connectivity index (χ4n) is 0.805. The summed E-state index contributed by atoms with van der Waals surface area (Å²) in [6.45, 7) is 1.46. The first-order valence-electron chi connectivity index (χ1n) is 3.53. The Hall–Kier alpha value is -0.0236. The first kappa shape index (κ1) is 9.98. The van der Waals surface area contributed by atoms with E-state index in [1.807, 2.05) is 0 Å². The second-order valence-electron chi connectivity index (χ2n) is 3.02. The van der Waals surface area contributed by atoms with Gasteiger partial charge in [-0.25, -0.2) is 0 Å². The Morgan fingerprint density at radius 1 is 1.30 bits per heavy atom. The van der Waals surface area contributed by atoms with Crippen LogP contribution in [0.2, 0.25) is 15.9 Å². The summed E-state index contributed by atoms with van der Waals surface area (Å²) in [5.41, 5.74) is 4.32. The summed E-state index contributed by atoms with van der Waals surface area (Å²) >= 11 is -1.19. The molecule has 0 aromatic heterocycles. The van der Waals surface area contributed by atoms with E-state index in [-0.39, 0.29) is 18.0 Å². The van der Waals surface area contributed by atoms with Gasteiger partial charge in [-0.05, 0) is 0 Å². The zero-order valence-corrected chi connectivity index (χ0v) is 9.23. The van der Waals surface area contributed by atoms with Crippen LogP contribution in [0.3, 0.4) is 0 Å². The molecule has 0 aliphatic rings. The number of Topliss-reactive ketones (excluding diaryl/α,β-unsaturated/α-hetero) is 2. The molecule has 0 atom stereocenters. The predicted molar refractivity (Wildman–Crippen MR) is 42.6 cm³/mol. The molecule has 0 amide bonds. The molecule has 0 fully saturated rings. The second kappa shape index (κ2) is 4.74. The molecule has 0 aliphatic heterocycles. The van der Waals surface area contributed by atoms with E-state index in [2.05, 4.69) is 11.0 Å². The summed E-state index contributed by atoms with van der Waals surface area (Å²) in [5.74, 6) is 0.135. The Morgan fingerprint density at radius 3 is 2.10 bits per heavy atom. The van der Waals surface area contributed by atoms with Gasteiger partial charge < -0.3 is 0 Å². The molecule has 0 aliphatic carbocycles. The summed E-state index contributed by atoms with van der Waals surface area (Å²) in [4.78, 5) is 22.0. The molecule has 0 radical (unpaired) electrons. The fraction of sp³-hybridized carbons (Fsp3) is 0.714. The number of rotatable bonds is 4. The molecule has 0 rings (SSSR count). The van der Waals surface area contributed by atoms with Gasteiger partial charge >= 0.3 is 66.6 Å². The molecule has 0 aromatic rings. The van der Waals surface area contributed by atoms with E-state index in [9.17, 15) is 9.59 Å². The fourth-order valence-corrected chi connectivity index (χ4v) is 3.02. The number of carbonyl (C=O) groups excluding carboxylic acids is 2. The van der Waals surface area contributed by atoms with Crippen molar-refractivity contribution in [1.29, 1.82) is 0 Å². The van der Waals surface area contributed by atoms with Gasteiger partial charge in [0, 0.05) is 0 Å². The number of carbonyl (C=O) groups is 2. The van der Waals surface area contributed by atoms with Crippen LogP contribution in [-0.4, -0.2) is 27.8 Å². The maximum absolute atomic E-state index is 10.9. The van der Waals surface area contributed by atoms with Gasteiger partial charge in [0.1, 0.15) is 0 Å². The summed E-state index contributed by atoms with van der Waals surface area (Å²) in [6.07, 6.45) is 0.156. The van der Waals surface area contributed by atoms with Crippen molar-refractivity contribution in [2.45, 2.75) is 29.3 Å². The molecule has 0 N–H and O–H groups in total. The maximum atomic E-state index is 10.9. The zero-order valence-electron chi connectivity index (χ0n) is 6.81. The van der Waals surface area contributed by atoms with E-state index in [1.165, 1.54) is 6.92 Å². The molecule has 2 nitrogen and oxygen atoms in total. The minimum atomic E-state index is -1.19. The van der Waals surface area contributed by atoms with E-state index in [0.717, 1.165) is 0 Å². The zero-order chi connectivity index (χ0) is 8.15. The SMILES string of the molecule is CC(=O)CC(=O)[CH2][Ga]([CH3])[CH3]. The van der Waals surface area contributed by atoms with Crippen LogP contribution in [0, 0.1) is 0 Å². The van der Waals surface area contributed by atoms with E-state index >= 15 is 0 Å². The van der Waals surface area contributed by atoms with E-state index in [4.69, 9.17) is 0 Å². The molecule has 0 unspecified atom stereocenters. The Bertz CT molecular complexity index is 141. The van der Waals surface area contributed by atoms with Crippen LogP contribution in [0.1, 0.15) is 13.3 Å². The second-order valence-corrected chi connectivity index (χ2v) is 9.72. The summed E-state index contributed by atoms with van der Waals surface area (Å²) < 4.78 is 0. The Balaban J connectivity index is 3.54. The van der Waals surface area contributed by atoms with Crippen LogP contribution in [0.15, 0.2) is 0 Å². The third-order valence-electron chi connectivity index (χ3n) is 1.08. The van der Waals surface area contributed by atoms with Gasteiger partial charge in [-0.15, -0.1) is 0 Å². The summed E-state index contributed by atoms with van der Waals surface area (Å²) in [5, 5.41) is 0. The molecule has 0 aromatic carbocycles. The Kier molecular flexibility index (Phi) is 4.73. The van der Waals surface area contributed by atoms with Crippen molar-refractivity contribution in [3.63, 3.8) is 0 Å². The van der Waals surface area contributed by atoms with Gasteiger partial charge in [0.15, 0.2) is 0 Å². The molecule has 56 valence electrons. The van der Waals surface area contributed by atoms with E-state index in [0.29, 0.717) is 4.98 Å². The number of hydrogen-bond acceptors (Lipinski definition) is 2. The Labute approximate surface area is 67.0 Å². The van der Waals surface area contributed by atoms with Crippen LogP contribution in [-0.2, 0) is 9.59 Å². The normalized spacial score (nSPS) is 9.10. The third-order valence-corrected chi connectivity index (χ3v) is 3.75. The topological polar surface area (TPSA) is 34.1 Å². The van der Waals surface area contributed by atoms with Gasteiger partial charge in [0.05, 0.1) is 0 Å². The standard InChI is InChI=1S/C5H7O2.2CH3.Ga/c1-4(6)3-5(2)7;;;/h1,3H2,2H3;2*1H3;. The Morgan fingerprint density at radius 2 is 1.80 bits per heavy atom. The number of hydrogen-bond donors (Lipinski definition) is 0. The molecule has 0 heterocycles. The summed E-state index contributed by atoms with van der Waals surface area (Å²) in [7, 11) is 0. The minimum absolute atomic E-state index is 0.00644. The van der Waals surface area contributed by atoms with E-state index < -0.39 is 16.2 Å². The van der Waals surface area contributed by atoms with Crippen LogP contribution < -0.4 is 0 Å². The van der Waals surface area contributed by atoms with Crippen molar-refractivity contribution in [2.24, 2.45) is 0 Å². The van der Waals surface area contributed by atoms with Crippen molar-refractivity contribution in [1.82, 2.24) is 0 Å². The average molecular weight is 199 g/mol. The summed E-state index contributed by atoms with van der Waals surface area (Å²) in [6, 6.07) is 0. The van der Waals surface area contributed by atoms with Crippen LogP contribution >= 0.6 is 0 Å². The monoisotopic (exact) mass is 198 g/mol. The van der Waals surface area contributed by atoms with Crippen molar-refractivity contribution >= 4 is 27.8 Å². The predicted octanol–water partition coefficient (Wildman–Crippen LogP) is 1.29. The van der Waals surface area contributed by atoms with Crippen LogP contribution in [0.4, 0.5) is 0 Å². The van der Waals surface area contributed by atoms with Gasteiger partial charge in [0.25, 0.3) is 0 Å². The molecule has 0 saturated carbocycles. The molecular formula is C7H13GaO2. The molecule has 0 bridgehead atoms. The number of ketones is 2. The molecule has 0 spiro atoms. The molecular weight excluding hydrogens is 186 g/mol. The van der Waals surface area contributed by atoms with Gasteiger partial charge in [-0.2, -0.15) is 0 Å². The average Bonchev–Trinajstić information content (AvgIpc) is 1.58. The molecule has 0 saturated heterocycles. The van der Waals surface area contributed by atoms with Crippen LogP contribution in [0.25, 0.3) is 0 Å². The van der Waals surface area contributed by atoms with Crippen molar-refractivity contribution in [2.75, 3.05) is 0 Å². The van der Waals surface area contributed by atoms with Crippen molar-refractivity contribution < 1.29 is 9.59 Å². The van der Waals surface area contributed by atoms with Crippen molar-refractivity contribution in [3.05, 3.63) is 0 Å². The van der Waals surface area contributed by atoms with Gasteiger partial charge in [0.2, 0.25) is 0 Å². The van der Waals surface area contributed by atoms with Crippen molar-refractivity contribution in [3.8, 4) is 0 Å². The first-order valence-corrected chi connectivity index (χ1v) is 10.1. The third kappa shape index (κ3) is 6.10. The molecule has 10 heavy (non-hydrogen) atoms. The van der Waals surface area contributed by atoms with E-state index in [1.54, 1.807) is 0 Å². The van der Waals surface area contributed by atoms with Gasteiger partial charge in [-0.3, -0.25) is 0 Å². The molecule has 3 heteroatoms. The quantitative estimate of drug-likeness (QED) is 0.504.